The Morgan fingerprint density at radius 2 is 1.61 bits per heavy atom. The predicted octanol–water partition coefficient (Wildman–Crippen LogP) is 3.21. The number of nitro benzene ring substituents is 1. The van der Waals surface area contributed by atoms with Gasteiger partial charge in [0.05, 0.1) is 75.9 Å². The average molecular weight is 675 g/mol. The molecule has 1 aromatic carbocycles. The van der Waals surface area contributed by atoms with Crippen LogP contribution < -0.4 is 25.4 Å². The Bertz CT molecular complexity index is 1050. The van der Waals surface area contributed by atoms with Gasteiger partial charge in [-0.3, -0.25) is 14.9 Å². The Labute approximate surface area is 275 Å². The lowest BCUT2D eigenvalue weighted by molar-refractivity contribution is -0.386. The van der Waals surface area contributed by atoms with Crippen LogP contribution in [0.1, 0.15) is 52.0 Å². The number of benzene rings is 1. The van der Waals surface area contributed by atoms with Crippen molar-refractivity contribution in [2.75, 3.05) is 71.9 Å². The van der Waals surface area contributed by atoms with Gasteiger partial charge in [0.15, 0.2) is 11.5 Å². The summed E-state index contributed by atoms with van der Waals surface area (Å²) in [4.78, 5) is 44.1. The first-order valence-corrected chi connectivity index (χ1v) is 16.6. The fourth-order valence-corrected chi connectivity index (χ4v) is 5.17. The zero-order valence-electron chi connectivity index (χ0n) is 27.6. The van der Waals surface area contributed by atoms with E-state index < -0.39 is 10.9 Å². The van der Waals surface area contributed by atoms with Gasteiger partial charge in [0, 0.05) is 24.5 Å². The second kappa shape index (κ2) is 24.8. The quantitative estimate of drug-likeness (QED) is 0.0641. The zero-order chi connectivity index (χ0) is 34.2. The first kappa shape index (κ1) is 40.7. The van der Waals surface area contributed by atoms with E-state index in [2.05, 4.69) is 34.5 Å². The lowest BCUT2D eigenvalue weighted by Crippen LogP contribution is -2.31. The minimum atomic E-state index is -0.589. The summed E-state index contributed by atoms with van der Waals surface area (Å²) in [5, 5.41) is 19.9. The number of esters is 1. The molecule has 16 heteroatoms. The summed E-state index contributed by atoms with van der Waals surface area (Å²) in [6, 6.07) is 3.49. The molecule has 2 heterocycles. The molecular weight excluding hydrogens is 624 g/mol. The van der Waals surface area contributed by atoms with Crippen LogP contribution in [0.5, 0.6) is 11.5 Å². The van der Waals surface area contributed by atoms with Crippen molar-refractivity contribution in [3.05, 3.63) is 27.8 Å². The van der Waals surface area contributed by atoms with Gasteiger partial charge >= 0.3 is 12.0 Å². The molecule has 2 unspecified atom stereocenters. The van der Waals surface area contributed by atoms with E-state index in [4.69, 9.17) is 23.7 Å². The van der Waals surface area contributed by atoms with Gasteiger partial charge in [0.25, 0.3) is 5.69 Å². The fourth-order valence-electron chi connectivity index (χ4n) is 3.89. The number of amides is 3. The van der Waals surface area contributed by atoms with E-state index in [9.17, 15) is 24.5 Å². The summed E-state index contributed by atoms with van der Waals surface area (Å²) in [5.74, 6) is 2.05. The van der Waals surface area contributed by atoms with Gasteiger partial charge in [0.2, 0.25) is 5.91 Å². The van der Waals surface area contributed by atoms with Crippen molar-refractivity contribution < 1.29 is 47.7 Å². The predicted molar refractivity (Wildman–Crippen MR) is 174 cm³/mol. The maximum absolute atomic E-state index is 11.5. The average Bonchev–Trinajstić information content (AvgIpc) is 3.62. The van der Waals surface area contributed by atoms with E-state index in [0.29, 0.717) is 44.9 Å². The van der Waals surface area contributed by atoms with Crippen LogP contribution >= 0.6 is 11.8 Å². The molecule has 2 fully saturated rings. The molecule has 0 aliphatic carbocycles. The van der Waals surface area contributed by atoms with Crippen LogP contribution in [0.25, 0.3) is 0 Å². The van der Waals surface area contributed by atoms with Crippen LogP contribution in [-0.4, -0.2) is 107 Å². The standard InChI is InChI=1S/C22H34N2O10.C5H8N2OS.C3H8/c1-4-5-6-21(25)23-7-8-31-9-10-32-11-12-34-20-14-18(24(27)28)17(13-19(20)29-2)15-33-16-22(26)30-3;8-5-6-3-1-9-2-4(3)7-5;1-3-2/h13-14H,4-12,15-16H2,1-3H3,(H,23,25);3-4H,1-2H2,(H2,6,7,8);3H2,1-2H3. The monoisotopic (exact) mass is 674 g/mol. The van der Waals surface area contributed by atoms with Gasteiger partial charge in [-0.1, -0.05) is 33.6 Å². The Kier molecular flexibility index (Phi) is 22.0. The number of hydrogen-bond donors (Lipinski definition) is 3. The zero-order valence-corrected chi connectivity index (χ0v) is 28.4. The summed E-state index contributed by atoms with van der Waals surface area (Å²) < 4.78 is 31.3. The number of nitrogens with zero attached hydrogens (tertiary/aromatic N) is 1. The van der Waals surface area contributed by atoms with Crippen molar-refractivity contribution in [1.82, 2.24) is 16.0 Å². The second-order valence-corrected chi connectivity index (χ2v) is 11.1. The maximum Gasteiger partial charge on any atom is 0.331 e. The van der Waals surface area contributed by atoms with Gasteiger partial charge < -0.3 is 44.4 Å². The molecule has 46 heavy (non-hydrogen) atoms. The Morgan fingerprint density at radius 3 is 2.20 bits per heavy atom. The fraction of sp³-hybridized carbons (Fsp3) is 0.700. The molecule has 0 aromatic heterocycles. The number of ether oxygens (including phenoxy) is 6. The SMILES string of the molecule is CCC.CCCCC(=O)NCCOCCOCCOc1cc([N+](=O)[O-])c(COCC(=O)OC)cc1OC.O=C1NC2CSCC2N1. The van der Waals surface area contributed by atoms with E-state index >= 15 is 0 Å². The third kappa shape index (κ3) is 16.8. The number of urea groups is 1. The first-order chi connectivity index (χ1) is 22.2. The molecule has 2 saturated heterocycles. The van der Waals surface area contributed by atoms with Crippen LogP contribution in [0.2, 0.25) is 0 Å². The number of carbonyl (C=O) groups is 3. The van der Waals surface area contributed by atoms with E-state index in [1.54, 1.807) is 0 Å². The molecule has 3 amide bonds. The molecule has 3 N–H and O–H groups in total. The third-order valence-electron chi connectivity index (χ3n) is 6.16. The number of thioether (sulfide) groups is 1. The number of unbranched alkanes of at least 4 members (excludes halogenated alkanes) is 1. The highest BCUT2D eigenvalue weighted by molar-refractivity contribution is 7.99. The maximum atomic E-state index is 11.5. The molecule has 0 bridgehead atoms. The van der Waals surface area contributed by atoms with Gasteiger partial charge in [0.1, 0.15) is 13.2 Å². The molecule has 3 rings (SSSR count). The highest BCUT2D eigenvalue weighted by Gasteiger charge is 2.35. The van der Waals surface area contributed by atoms with Crippen molar-refractivity contribution >= 4 is 35.4 Å². The summed E-state index contributed by atoms with van der Waals surface area (Å²) in [5.41, 5.74) is 0.00447. The van der Waals surface area contributed by atoms with E-state index in [-0.39, 0.29) is 61.1 Å². The number of methoxy groups -OCH3 is 2. The number of fused-ring (bicyclic) bond motifs is 1. The molecule has 0 spiro atoms. The molecule has 2 aliphatic heterocycles. The van der Waals surface area contributed by atoms with Crippen molar-refractivity contribution in [1.29, 1.82) is 0 Å². The molecule has 2 aliphatic rings. The number of hydrogen-bond acceptors (Lipinski definition) is 12. The lowest BCUT2D eigenvalue weighted by Gasteiger charge is -2.13. The van der Waals surface area contributed by atoms with Crippen molar-refractivity contribution in [2.45, 2.75) is 65.1 Å². The van der Waals surface area contributed by atoms with Crippen LogP contribution in [-0.2, 0) is 35.1 Å². The number of carbonyl (C=O) groups excluding carboxylic acids is 3. The normalized spacial score (nSPS) is 16.0. The molecular formula is C30H50N4O11S. The molecule has 1 aromatic rings. The minimum Gasteiger partial charge on any atom is -0.493 e. The van der Waals surface area contributed by atoms with Crippen LogP contribution in [0.4, 0.5) is 10.5 Å². The number of nitrogens with one attached hydrogen (secondary N) is 3. The smallest absolute Gasteiger partial charge is 0.331 e. The van der Waals surface area contributed by atoms with Gasteiger partial charge in [-0.05, 0) is 12.5 Å². The van der Waals surface area contributed by atoms with Gasteiger partial charge in [-0.25, -0.2) is 9.59 Å². The Morgan fingerprint density at radius 1 is 0.978 bits per heavy atom. The topological polar surface area (TPSA) is 186 Å². The number of rotatable bonds is 19. The first-order valence-electron chi connectivity index (χ1n) is 15.4. The Hall–Kier alpha value is -3.34. The van der Waals surface area contributed by atoms with Crippen molar-refractivity contribution in [3.8, 4) is 11.5 Å². The van der Waals surface area contributed by atoms with Crippen LogP contribution in [0.3, 0.4) is 0 Å². The van der Waals surface area contributed by atoms with E-state index in [0.717, 1.165) is 24.3 Å². The highest BCUT2D eigenvalue weighted by Crippen LogP contribution is 2.35. The number of nitro groups is 1. The van der Waals surface area contributed by atoms with Crippen molar-refractivity contribution in [3.63, 3.8) is 0 Å². The van der Waals surface area contributed by atoms with Crippen molar-refractivity contribution in [2.24, 2.45) is 0 Å². The minimum absolute atomic E-state index is 0.00491. The van der Waals surface area contributed by atoms with Crippen LogP contribution in [0, 0.1) is 10.1 Å². The molecule has 262 valence electrons. The molecule has 2 atom stereocenters. The molecule has 15 nitrogen and oxygen atoms in total. The van der Waals surface area contributed by atoms with Crippen LogP contribution in [0.15, 0.2) is 12.1 Å². The summed E-state index contributed by atoms with van der Waals surface area (Å²) >= 11 is 1.89. The lowest BCUT2D eigenvalue weighted by atomic mass is 10.1. The largest absolute Gasteiger partial charge is 0.493 e. The molecule has 0 saturated carbocycles. The van der Waals surface area contributed by atoms with E-state index in [1.165, 1.54) is 32.8 Å². The molecule has 0 radical (unpaired) electrons. The Balaban J connectivity index is 0.000000725. The third-order valence-corrected chi connectivity index (χ3v) is 7.35. The highest BCUT2D eigenvalue weighted by atomic mass is 32.2. The summed E-state index contributed by atoms with van der Waals surface area (Å²) in [6.45, 7) is 7.70. The summed E-state index contributed by atoms with van der Waals surface area (Å²) in [6.07, 6.45) is 3.63. The van der Waals surface area contributed by atoms with Gasteiger partial charge in [-0.15, -0.1) is 0 Å². The summed E-state index contributed by atoms with van der Waals surface area (Å²) in [7, 11) is 2.63. The van der Waals surface area contributed by atoms with E-state index in [1.807, 2.05) is 18.7 Å². The van der Waals surface area contributed by atoms with Gasteiger partial charge in [-0.2, -0.15) is 11.8 Å². The second-order valence-electron chi connectivity index (χ2n) is 10.1.